The van der Waals surface area contributed by atoms with Gasteiger partial charge >= 0.3 is 0 Å². The second-order valence-corrected chi connectivity index (χ2v) is 3.60. The van der Waals surface area contributed by atoms with Gasteiger partial charge in [0.15, 0.2) is 6.10 Å². The van der Waals surface area contributed by atoms with E-state index in [2.05, 4.69) is 5.16 Å². The molecule has 0 unspecified atom stereocenters. The second kappa shape index (κ2) is 3.98. The van der Waals surface area contributed by atoms with Gasteiger partial charge in [-0.15, -0.1) is 0 Å². The molecule has 1 aromatic carbocycles. The minimum Gasteiger partial charge on any atom is -0.392 e. The van der Waals surface area contributed by atoms with Crippen LogP contribution in [0.5, 0.6) is 0 Å². The van der Waals surface area contributed by atoms with Crippen molar-refractivity contribution < 1.29 is 9.94 Å². The van der Waals surface area contributed by atoms with Gasteiger partial charge in [0.25, 0.3) is 0 Å². The quantitative estimate of drug-likeness (QED) is 0.811. The summed E-state index contributed by atoms with van der Waals surface area (Å²) in [5.74, 6) is 0. The van der Waals surface area contributed by atoms with Crippen LogP contribution >= 0.6 is 11.6 Å². The molecular formula is C10H10ClNO2. The molecule has 1 atom stereocenters. The first-order valence-electron chi connectivity index (χ1n) is 4.39. The topological polar surface area (TPSA) is 41.8 Å². The number of rotatable bonds is 2. The Balaban J connectivity index is 2.13. The van der Waals surface area contributed by atoms with Crippen LogP contribution in [0.15, 0.2) is 29.4 Å². The molecule has 1 aromatic rings. The minimum absolute atomic E-state index is 0.000585. The molecule has 2 rings (SSSR count). The Kier molecular flexibility index (Phi) is 2.70. The molecule has 1 N–H and O–H groups in total. The fraction of sp³-hybridized carbons (Fsp3) is 0.300. The van der Waals surface area contributed by atoms with E-state index in [1.165, 1.54) is 0 Å². The third kappa shape index (κ3) is 1.89. The van der Waals surface area contributed by atoms with Gasteiger partial charge < -0.3 is 9.94 Å². The number of benzene rings is 1. The fourth-order valence-electron chi connectivity index (χ4n) is 1.34. The molecule has 74 valence electrons. The molecule has 3 nitrogen and oxygen atoms in total. The Labute approximate surface area is 86.9 Å². The highest BCUT2D eigenvalue weighted by molar-refractivity contribution is 6.30. The van der Waals surface area contributed by atoms with E-state index in [0.29, 0.717) is 11.4 Å². The number of aliphatic hydroxyl groups excluding tert-OH is 1. The average Bonchev–Trinajstić information content (AvgIpc) is 2.67. The van der Waals surface area contributed by atoms with Crippen molar-refractivity contribution in [2.24, 2.45) is 5.16 Å². The molecule has 0 radical (unpaired) electrons. The molecular weight excluding hydrogens is 202 g/mol. The molecule has 1 heterocycles. The first-order valence-corrected chi connectivity index (χ1v) is 4.77. The molecule has 0 fully saturated rings. The Morgan fingerprint density at radius 2 is 2.14 bits per heavy atom. The monoisotopic (exact) mass is 211 g/mol. The van der Waals surface area contributed by atoms with Crippen LogP contribution in [0, 0.1) is 0 Å². The van der Waals surface area contributed by atoms with E-state index in [-0.39, 0.29) is 12.7 Å². The van der Waals surface area contributed by atoms with Gasteiger partial charge in [-0.25, -0.2) is 0 Å². The Morgan fingerprint density at radius 3 is 2.71 bits per heavy atom. The van der Waals surface area contributed by atoms with E-state index in [0.717, 1.165) is 11.3 Å². The first-order chi connectivity index (χ1) is 6.79. The number of aliphatic hydroxyl groups is 1. The summed E-state index contributed by atoms with van der Waals surface area (Å²) in [7, 11) is 0. The lowest BCUT2D eigenvalue weighted by Gasteiger charge is -2.01. The Hall–Kier alpha value is -1.06. The lowest BCUT2D eigenvalue weighted by Crippen LogP contribution is -2.12. The van der Waals surface area contributed by atoms with Crippen molar-refractivity contribution in [2.75, 3.05) is 6.61 Å². The lowest BCUT2D eigenvalue weighted by molar-refractivity contribution is 0.0390. The van der Waals surface area contributed by atoms with Crippen LogP contribution in [-0.2, 0) is 4.84 Å². The zero-order valence-electron chi connectivity index (χ0n) is 7.48. The Morgan fingerprint density at radius 1 is 1.43 bits per heavy atom. The minimum atomic E-state index is -0.194. The molecule has 0 saturated heterocycles. The van der Waals surface area contributed by atoms with Crippen LogP contribution in [0.4, 0.5) is 0 Å². The van der Waals surface area contributed by atoms with Crippen molar-refractivity contribution >= 4 is 17.3 Å². The van der Waals surface area contributed by atoms with Crippen molar-refractivity contribution in [3.63, 3.8) is 0 Å². The van der Waals surface area contributed by atoms with Crippen molar-refractivity contribution in [1.82, 2.24) is 0 Å². The molecule has 0 bridgehead atoms. The molecule has 1 aliphatic heterocycles. The number of halogens is 1. The highest BCUT2D eigenvalue weighted by Crippen LogP contribution is 2.18. The highest BCUT2D eigenvalue weighted by atomic mass is 35.5. The fourth-order valence-corrected chi connectivity index (χ4v) is 1.47. The molecule has 1 aliphatic rings. The third-order valence-corrected chi connectivity index (χ3v) is 2.37. The van der Waals surface area contributed by atoms with Crippen molar-refractivity contribution in [3.05, 3.63) is 34.9 Å². The SMILES string of the molecule is OC[C@@H]1CC(c2ccc(Cl)cc2)=NO1. The summed E-state index contributed by atoms with van der Waals surface area (Å²) in [5, 5.41) is 13.5. The number of hydrogen-bond donors (Lipinski definition) is 1. The molecule has 0 spiro atoms. The molecule has 0 amide bonds. The molecule has 14 heavy (non-hydrogen) atoms. The maximum absolute atomic E-state index is 8.86. The van der Waals surface area contributed by atoms with Gasteiger partial charge in [0.2, 0.25) is 0 Å². The van der Waals surface area contributed by atoms with Gasteiger partial charge in [0.1, 0.15) is 0 Å². The van der Waals surface area contributed by atoms with Crippen LogP contribution in [0.25, 0.3) is 0 Å². The first kappa shape index (κ1) is 9.49. The molecule has 4 heteroatoms. The summed E-state index contributed by atoms with van der Waals surface area (Å²) in [6, 6.07) is 7.41. The molecule has 0 saturated carbocycles. The summed E-state index contributed by atoms with van der Waals surface area (Å²) in [6.45, 7) is 0.000585. The van der Waals surface area contributed by atoms with Crippen LogP contribution in [0.1, 0.15) is 12.0 Å². The standard InChI is InChI=1S/C10H10ClNO2/c11-8-3-1-7(2-4-8)10-5-9(6-13)14-12-10/h1-4,9,13H,5-6H2/t9-/m0/s1. The van der Waals surface area contributed by atoms with Crippen LogP contribution in [0.2, 0.25) is 5.02 Å². The second-order valence-electron chi connectivity index (χ2n) is 3.16. The van der Waals surface area contributed by atoms with Crippen molar-refractivity contribution in [3.8, 4) is 0 Å². The lowest BCUT2D eigenvalue weighted by atomic mass is 10.1. The van der Waals surface area contributed by atoms with Gasteiger partial charge in [-0.2, -0.15) is 0 Å². The number of oxime groups is 1. The van der Waals surface area contributed by atoms with Gasteiger partial charge in [-0.1, -0.05) is 28.9 Å². The van der Waals surface area contributed by atoms with Crippen molar-refractivity contribution in [2.45, 2.75) is 12.5 Å². The van der Waals surface area contributed by atoms with E-state index in [9.17, 15) is 0 Å². The van der Waals surface area contributed by atoms with E-state index in [1.807, 2.05) is 24.3 Å². The summed E-state index contributed by atoms with van der Waals surface area (Å²) in [4.78, 5) is 5.00. The zero-order chi connectivity index (χ0) is 9.97. The summed E-state index contributed by atoms with van der Waals surface area (Å²) >= 11 is 5.76. The predicted molar refractivity (Wildman–Crippen MR) is 54.6 cm³/mol. The predicted octanol–water partition coefficient (Wildman–Crippen LogP) is 1.83. The largest absolute Gasteiger partial charge is 0.392 e. The summed E-state index contributed by atoms with van der Waals surface area (Å²) < 4.78 is 0. The Bertz CT molecular complexity index is 348. The normalized spacial score (nSPS) is 20.4. The van der Waals surface area contributed by atoms with E-state index >= 15 is 0 Å². The van der Waals surface area contributed by atoms with Crippen LogP contribution in [-0.4, -0.2) is 23.5 Å². The maximum Gasteiger partial charge on any atom is 0.156 e. The van der Waals surface area contributed by atoms with Gasteiger partial charge in [-0.05, 0) is 17.7 Å². The summed E-state index contributed by atoms with van der Waals surface area (Å²) in [5.41, 5.74) is 1.85. The zero-order valence-corrected chi connectivity index (χ0v) is 8.24. The molecule has 0 aliphatic carbocycles. The van der Waals surface area contributed by atoms with Gasteiger partial charge in [0.05, 0.1) is 12.3 Å². The maximum atomic E-state index is 8.86. The van der Waals surface area contributed by atoms with Gasteiger partial charge in [-0.3, -0.25) is 0 Å². The third-order valence-electron chi connectivity index (χ3n) is 2.11. The smallest absolute Gasteiger partial charge is 0.156 e. The van der Waals surface area contributed by atoms with Crippen LogP contribution in [0.3, 0.4) is 0 Å². The van der Waals surface area contributed by atoms with Crippen molar-refractivity contribution in [1.29, 1.82) is 0 Å². The average molecular weight is 212 g/mol. The van der Waals surface area contributed by atoms with Crippen LogP contribution < -0.4 is 0 Å². The van der Waals surface area contributed by atoms with Gasteiger partial charge in [0, 0.05) is 11.4 Å². The van der Waals surface area contributed by atoms with E-state index in [1.54, 1.807) is 0 Å². The highest BCUT2D eigenvalue weighted by Gasteiger charge is 2.20. The molecule has 0 aromatic heterocycles. The van der Waals surface area contributed by atoms with E-state index < -0.39 is 0 Å². The number of nitrogens with zero attached hydrogens (tertiary/aromatic N) is 1. The van der Waals surface area contributed by atoms with E-state index in [4.69, 9.17) is 21.5 Å². The summed E-state index contributed by atoms with van der Waals surface area (Å²) in [6.07, 6.45) is 0.457. The number of hydrogen-bond acceptors (Lipinski definition) is 3.